The normalized spacial score (nSPS) is 16.2. The van der Waals surface area contributed by atoms with Crippen LogP contribution in [0.15, 0.2) is 11.0 Å². The van der Waals surface area contributed by atoms with Gasteiger partial charge in [-0.15, -0.1) is 11.3 Å². The maximum absolute atomic E-state index is 9.25. The third kappa shape index (κ3) is 5.56. The van der Waals surface area contributed by atoms with Crippen molar-refractivity contribution in [2.45, 2.75) is 51.9 Å². The number of aliphatic hydroxyl groups is 1. The lowest BCUT2D eigenvalue weighted by Crippen LogP contribution is -2.33. The van der Waals surface area contributed by atoms with E-state index in [0.29, 0.717) is 6.42 Å². The van der Waals surface area contributed by atoms with Crippen LogP contribution in [0.1, 0.15) is 44.8 Å². The first-order valence-corrected chi connectivity index (χ1v) is 9.22. The second kappa shape index (κ2) is 7.59. The van der Waals surface area contributed by atoms with Crippen LogP contribution in [-0.2, 0) is 15.4 Å². The minimum absolute atomic E-state index is 0.0467. The lowest BCUT2D eigenvalue weighted by atomic mass is 10.1. The van der Waals surface area contributed by atoms with Crippen molar-refractivity contribution in [3.63, 3.8) is 0 Å². The molecule has 0 aromatic carbocycles. The van der Waals surface area contributed by atoms with Gasteiger partial charge in [0, 0.05) is 18.4 Å². The summed E-state index contributed by atoms with van der Waals surface area (Å²) in [6.07, 6.45) is 4.75. The Balaban J connectivity index is 2.82. The summed E-state index contributed by atoms with van der Waals surface area (Å²) in [5.74, 6) is 0. The van der Waals surface area contributed by atoms with Gasteiger partial charge in [-0.25, -0.2) is 4.98 Å². The molecule has 0 saturated heterocycles. The van der Waals surface area contributed by atoms with Gasteiger partial charge in [-0.05, 0) is 46.3 Å². The highest BCUT2D eigenvalue weighted by Gasteiger charge is 2.35. The zero-order valence-electron chi connectivity index (χ0n) is 13.3. The number of thiazole rings is 1. The van der Waals surface area contributed by atoms with Gasteiger partial charge < -0.3 is 5.11 Å². The molecule has 114 valence electrons. The highest BCUT2D eigenvalue weighted by Crippen LogP contribution is 2.24. The summed E-state index contributed by atoms with van der Waals surface area (Å²) in [7, 11) is 0. The quantitative estimate of drug-likeness (QED) is 0.816. The number of aryl methyl sites for hydroxylation is 1. The van der Waals surface area contributed by atoms with Gasteiger partial charge in [0.25, 0.3) is 0 Å². The number of aromatic nitrogens is 1. The molecular formula is C15H26NO2S2+. The molecule has 0 bridgehead atoms. The molecule has 0 amide bonds. The van der Waals surface area contributed by atoms with Crippen LogP contribution in [0.25, 0.3) is 6.08 Å². The average Bonchev–Trinajstić information content (AvgIpc) is 2.72. The van der Waals surface area contributed by atoms with Gasteiger partial charge >= 0.3 is 0 Å². The van der Waals surface area contributed by atoms with Gasteiger partial charge in [-0.1, -0.05) is 0 Å². The van der Waals surface area contributed by atoms with Gasteiger partial charge in [0.2, 0.25) is 0 Å². The molecule has 1 N–H and O–H groups in total. The first-order valence-electron chi connectivity index (χ1n) is 6.78. The largest absolute Gasteiger partial charge is 0.396 e. The fourth-order valence-electron chi connectivity index (χ4n) is 1.56. The zero-order valence-corrected chi connectivity index (χ0v) is 14.9. The molecule has 1 unspecified atom stereocenters. The molecule has 0 saturated carbocycles. The summed E-state index contributed by atoms with van der Waals surface area (Å²) < 4.78 is 6.29. The van der Waals surface area contributed by atoms with Crippen LogP contribution in [0.5, 0.6) is 0 Å². The van der Waals surface area contributed by atoms with Crippen molar-refractivity contribution in [1.82, 2.24) is 4.98 Å². The van der Waals surface area contributed by atoms with Gasteiger partial charge in [0.15, 0.2) is 4.75 Å². The molecule has 0 radical (unpaired) electrons. The number of hydrogen-bond donors (Lipinski definition) is 1. The van der Waals surface area contributed by atoms with Crippen LogP contribution in [0.4, 0.5) is 0 Å². The van der Waals surface area contributed by atoms with E-state index in [1.165, 1.54) is 0 Å². The Labute approximate surface area is 129 Å². The SMILES string of the molecule is C/C(=C\c1csc(C)n1)[C@H](CCO)O[S+](C)C(C)(C)C. The predicted octanol–water partition coefficient (Wildman–Crippen LogP) is 3.58. The minimum Gasteiger partial charge on any atom is -0.396 e. The predicted molar refractivity (Wildman–Crippen MR) is 90.1 cm³/mol. The van der Waals surface area contributed by atoms with Crippen LogP contribution in [0, 0.1) is 6.92 Å². The fraction of sp³-hybridized carbons (Fsp3) is 0.667. The van der Waals surface area contributed by atoms with E-state index in [-0.39, 0.29) is 28.6 Å². The Morgan fingerprint density at radius 2 is 2.20 bits per heavy atom. The van der Waals surface area contributed by atoms with E-state index in [9.17, 15) is 5.11 Å². The van der Waals surface area contributed by atoms with E-state index in [0.717, 1.165) is 16.3 Å². The third-order valence-electron chi connectivity index (χ3n) is 3.03. The molecule has 1 rings (SSSR count). The van der Waals surface area contributed by atoms with Crippen molar-refractivity contribution in [2.24, 2.45) is 0 Å². The standard InChI is InChI=1S/C15H26NO2S2/c1-11(9-13-10-19-12(2)16-13)14(7-8-17)18-20(6)15(3,4)5/h9-10,14,17H,7-8H2,1-6H3/q+1/b11-9+/t14-,20?/m0/s1. The summed E-state index contributed by atoms with van der Waals surface area (Å²) in [5.41, 5.74) is 2.09. The maximum atomic E-state index is 9.25. The summed E-state index contributed by atoms with van der Waals surface area (Å²) in [4.78, 5) is 4.45. The van der Waals surface area contributed by atoms with Crippen LogP contribution in [0.2, 0.25) is 0 Å². The summed E-state index contributed by atoms with van der Waals surface area (Å²) in [6, 6.07) is 0. The van der Waals surface area contributed by atoms with Gasteiger partial charge in [-0.2, -0.15) is 4.18 Å². The van der Waals surface area contributed by atoms with Crippen molar-refractivity contribution in [3.8, 4) is 0 Å². The third-order valence-corrected chi connectivity index (χ3v) is 6.07. The lowest BCUT2D eigenvalue weighted by Gasteiger charge is -2.21. The van der Waals surface area contributed by atoms with Crippen LogP contribution < -0.4 is 0 Å². The average molecular weight is 317 g/mol. The molecule has 0 aliphatic heterocycles. The monoisotopic (exact) mass is 316 g/mol. The number of aliphatic hydroxyl groups excluding tert-OH is 1. The topological polar surface area (TPSA) is 42.4 Å². The van der Waals surface area contributed by atoms with Gasteiger partial charge in [0.05, 0.1) is 10.7 Å². The Kier molecular flexibility index (Phi) is 6.72. The van der Waals surface area contributed by atoms with Crippen molar-refractivity contribution in [1.29, 1.82) is 0 Å². The lowest BCUT2D eigenvalue weighted by molar-refractivity contribution is 0.197. The highest BCUT2D eigenvalue weighted by atomic mass is 32.2. The minimum atomic E-state index is -0.162. The highest BCUT2D eigenvalue weighted by molar-refractivity contribution is 7.93. The van der Waals surface area contributed by atoms with E-state index >= 15 is 0 Å². The van der Waals surface area contributed by atoms with E-state index in [4.69, 9.17) is 4.18 Å². The van der Waals surface area contributed by atoms with E-state index in [2.05, 4.69) is 45.0 Å². The molecule has 1 heterocycles. The fourth-order valence-corrected chi connectivity index (χ4v) is 3.02. The van der Waals surface area contributed by atoms with Crippen LogP contribution in [-0.4, -0.2) is 33.8 Å². The van der Waals surface area contributed by atoms with Crippen molar-refractivity contribution >= 4 is 28.6 Å². The molecule has 3 nitrogen and oxygen atoms in total. The zero-order chi connectivity index (χ0) is 15.3. The van der Waals surface area contributed by atoms with Crippen molar-refractivity contribution < 1.29 is 9.29 Å². The Morgan fingerprint density at radius 3 is 2.65 bits per heavy atom. The molecule has 1 aromatic rings. The molecule has 0 aliphatic rings. The molecular weight excluding hydrogens is 290 g/mol. The number of hydrogen-bond acceptors (Lipinski definition) is 4. The van der Waals surface area contributed by atoms with E-state index < -0.39 is 0 Å². The maximum Gasteiger partial charge on any atom is 0.152 e. The van der Waals surface area contributed by atoms with Crippen LogP contribution >= 0.6 is 11.3 Å². The summed E-state index contributed by atoms with van der Waals surface area (Å²) >= 11 is 1.48. The Hall–Kier alpha value is -0.360. The molecule has 5 heteroatoms. The second-order valence-corrected chi connectivity index (χ2v) is 9.23. The summed E-state index contributed by atoms with van der Waals surface area (Å²) in [6.45, 7) is 10.7. The Bertz CT molecular complexity index is 449. The first kappa shape index (κ1) is 17.7. The van der Waals surface area contributed by atoms with Crippen molar-refractivity contribution in [3.05, 3.63) is 21.7 Å². The molecule has 1 aromatic heterocycles. The number of rotatable bonds is 6. The van der Waals surface area contributed by atoms with E-state index in [1.54, 1.807) is 11.3 Å². The smallest absolute Gasteiger partial charge is 0.152 e. The second-order valence-electron chi connectivity index (χ2n) is 5.84. The first-order chi connectivity index (χ1) is 9.24. The molecule has 0 aliphatic carbocycles. The molecule has 0 spiro atoms. The summed E-state index contributed by atoms with van der Waals surface area (Å²) in [5, 5.41) is 12.4. The van der Waals surface area contributed by atoms with Gasteiger partial charge in [0.1, 0.15) is 23.5 Å². The Morgan fingerprint density at radius 1 is 1.55 bits per heavy atom. The van der Waals surface area contributed by atoms with E-state index in [1.807, 2.05) is 12.3 Å². The molecule has 2 atom stereocenters. The molecule has 0 fully saturated rings. The van der Waals surface area contributed by atoms with Crippen LogP contribution in [0.3, 0.4) is 0 Å². The number of nitrogens with zero attached hydrogens (tertiary/aromatic N) is 1. The molecule has 20 heavy (non-hydrogen) atoms. The van der Waals surface area contributed by atoms with Gasteiger partial charge in [-0.3, -0.25) is 0 Å². The van der Waals surface area contributed by atoms with Crippen molar-refractivity contribution in [2.75, 3.05) is 12.9 Å².